The number of phenolic OH excluding ortho intramolecular Hbond substituents is 1. The highest BCUT2D eigenvalue weighted by Crippen LogP contribution is 2.46. The third kappa shape index (κ3) is 2.86. The summed E-state index contributed by atoms with van der Waals surface area (Å²) in [5.74, 6) is 0.804. The molecule has 0 aliphatic carbocycles. The van der Waals surface area contributed by atoms with E-state index < -0.39 is 12.3 Å². The second-order valence-corrected chi connectivity index (χ2v) is 7.23. The molecular formula is C21H15IN2O2. The monoisotopic (exact) mass is 454 g/mol. The molecule has 2 atom stereocenters. The first-order valence-corrected chi connectivity index (χ1v) is 9.24. The zero-order valence-corrected chi connectivity index (χ0v) is 15.9. The number of rotatable bonds is 2. The van der Waals surface area contributed by atoms with Gasteiger partial charge >= 0.3 is 0 Å². The summed E-state index contributed by atoms with van der Waals surface area (Å²) in [4.78, 5) is 1.91. The van der Waals surface area contributed by atoms with E-state index in [1.807, 2.05) is 65.6 Å². The van der Waals surface area contributed by atoms with E-state index in [-0.39, 0.29) is 5.75 Å². The number of nitrogens with zero attached hydrogens (tertiary/aromatic N) is 2. The maximum Gasteiger partial charge on any atom is 0.203 e. The Morgan fingerprint density at radius 1 is 0.923 bits per heavy atom. The molecule has 2 unspecified atom stereocenters. The summed E-state index contributed by atoms with van der Waals surface area (Å²) >= 11 is 2.25. The smallest absolute Gasteiger partial charge is 0.203 e. The van der Waals surface area contributed by atoms with Crippen molar-refractivity contribution in [2.45, 2.75) is 12.3 Å². The first-order chi connectivity index (χ1) is 12.7. The van der Waals surface area contributed by atoms with Crippen molar-refractivity contribution in [3.8, 4) is 17.6 Å². The van der Waals surface area contributed by atoms with E-state index in [2.05, 4.69) is 28.7 Å². The SMILES string of the molecule is N#CC1c2ccccc2OC(c2ccccc2O)N1c1ccc(I)cc1. The Morgan fingerprint density at radius 3 is 2.27 bits per heavy atom. The number of hydrogen-bond donors (Lipinski definition) is 1. The predicted octanol–water partition coefficient (Wildman–Crippen LogP) is 5.16. The Morgan fingerprint density at radius 2 is 1.58 bits per heavy atom. The van der Waals surface area contributed by atoms with Gasteiger partial charge in [0, 0.05) is 14.8 Å². The molecule has 1 heterocycles. The molecule has 0 aromatic heterocycles. The quantitative estimate of drug-likeness (QED) is 0.544. The molecule has 0 spiro atoms. The minimum atomic E-state index is -0.601. The predicted molar refractivity (Wildman–Crippen MR) is 108 cm³/mol. The molecule has 0 amide bonds. The summed E-state index contributed by atoms with van der Waals surface area (Å²) in [6, 6.07) is 24.4. The summed E-state index contributed by atoms with van der Waals surface area (Å²) in [5.41, 5.74) is 2.31. The van der Waals surface area contributed by atoms with E-state index >= 15 is 0 Å². The maximum atomic E-state index is 10.4. The van der Waals surface area contributed by atoms with Crippen molar-refractivity contribution in [2.75, 3.05) is 4.90 Å². The van der Waals surface area contributed by atoms with Crippen LogP contribution in [0.4, 0.5) is 5.69 Å². The first-order valence-electron chi connectivity index (χ1n) is 8.16. The van der Waals surface area contributed by atoms with Gasteiger partial charge in [-0.2, -0.15) is 5.26 Å². The number of benzene rings is 3. The van der Waals surface area contributed by atoms with Crippen LogP contribution in [0.1, 0.15) is 23.4 Å². The number of para-hydroxylation sites is 2. The highest BCUT2D eigenvalue weighted by atomic mass is 127. The molecule has 0 saturated carbocycles. The van der Waals surface area contributed by atoms with Gasteiger partial charge in [0.15, 0.2) is 0 Å². The number of fused-ring (bicyclic) bond motifs is 1. The number of nitriles is 1. The van der Waals surface area contributed by atoms with Crippen molar-refractivity contribution in [1.82, 2.24) is 0 Å². The Labute approximate surface area is 165 Å². The van der Waals surface area contributed by atoms with Crippen molar-refractivity contribution in [3.63, 3.8) is 0 Å². The molecule has 3 aromatic rings. The molecule has 0 fully saturated rings. The number of ether oxygens (including phenoxy) is 1. The molecule has 5 heteroatoms. The van der Waals surface area contributed by atoms with Gasteiger partial charge in [0.25, 0.3) is 0 Å². The van der Waals surface area contributed by atoms with Gasteiger partial charge in [0.2, 0.25) is 6.23 Å². The average molecular weight is 454 g/mol. The average Bonchev–Trinajstić information content (AvgIpc) is 2.67. The van der Waals surface area contributed by atoms with Crippen LogP contribution >= 0.6 is 22.6 Å². The largest absolute Gasteiger partial charge is 0.507 e. The molecule has 1 N–H and O–H groups in total. The normalized spacial score (nSPS) is 18.5. The zero-order chi connectivity index (χ0) is 18.1. The van der Waals surface area contributed by atoms with E-state index in [4.69, 9.17) is 4.74 Å². The molecule has 1 aliphatic heterocycles. The van der Waals surface area contributed by atoms with Crippen LogP contribution in [0, 0.1) is 14.9 Å². The Kier molecular flexibility index (Phi) is 4.43. The van der Waals surface area contributed by atoms with Gasteiger partial charge in [-0.3, -0.25) is 0 Å². The number of aromatic hydroxyl groups is 1. The number of anilines is 1. The molecule has 26 heavy (non-hydrogen) atoms. The third-order valence-corrected chi connectivity index (χ3v) is 5.15. The summed E-state index contributed by atoms with van der Waals surface area (Å²) in [6.07, 6.45) is -0.601. The van der Waals surface area contributed by atoms with Crippen LogP contribution in [0.25, 0.3) is 0 Å². The number of phenols is 1. The van der Waals surface area contributed by atoms with E-state index in [0.29, 0.717) is 11.3 Å². The van der Waals surface area contributed by atoms with Gasteiger partial charge in [-0.25, -0.2) is 0 Å². The van der Waals surface area contributed by atoms with Crippen LogP contribution in [0.15, 0.2) is 72.8 Å². The van der Waals surface area contributed by atoms with E-state index in [1.54, 1.807) is 12.1 Å². The summed E-state index contributed by atoms with van der Waals surface area (Å²) in [6.45, 7) is 0. The zero-order valence-electron chi connectivity index (χ0n) is 13.7. The Balaban J connectivity index is 1.91. The van der Waals surface area contributed by atoms with Gasteiger partial charge in [-0.1, -0.05) is 30.3 Å². The highest BCUT2D eigenvalue weighted by Gasteiger charge is 2.38. The fraction of sp³-hybridized carbons (Fsp3) is 0.0952. The lowest BCUT2D eigenvalue weighted by molar-refractivity contribution is 0.168. The lowest BCUT2D eigenvalue weighted by Crippen LogP contribution is -2.39. The van der Waals surface area contributed by atoms with Crippen molar-refractivity contribution in [1.29, 1.82) is 5.26 Å². The molecule has 3 aromatic carbocycles. The van der Waals surface area contributed by atoms with Crippen LogP contribution in [-0.2, 0) is 0 Å². The number of hydrogen-bond acceptors (Lipinski definition) is 4. The van der Waals surface area contributed by atoms with Crippen molar-refractivity contribution >= 4 is 28.3 Å². The molecule has 0 saturated heterocycles. The molecule has 4 rings (SSSR count). The van der Waals surface area contributed by atoms with E-state index in [0.717, 1.165) is 14.8 Å². The van der Waals surface area contributed by atoms with Gasteiger partial charge in [0.05, 0.1) is 11.6 Å². The van der Waals surface area contributed by atoms with Crippen molar-refractivity contribution in [3.05, 3.63) is 87.5 Å². The van der Waals surface area contributed by atoms with Crippen molar-refractivity contribution in [2.24, 2.45) is 0 Å². The summed E-state index contributed by atoms with van der Waals surface area (Å²) in [7, 11) is 0. The molecule has 4 nitrogen and oxygen atoms in total. The van der Waals surface area contributed by atoms with Gasteiger partial charge in [-0.05, 0) is 65.1 Å². The van der Waals surface area contributed by atoms with Gasteiger partial charge in [0.1, 0.15) is 17.5 Å². The summed E-state index contributed by atoms with van der Waals surface area (Å²) < 4.78 is 7.35. The molecule has 0 radical (unpaired) electrons. The molecular weight excluding hydrogens is 439 g/mol. The van der Waals surface area contributed by atoms with Crippen LogP contribution < -0.4 is 9.64 Å². The van der Waals surface area contributed by atoms with Crippen molar-refractivity contribution < 1.29 is 9.84 Å². The van der Waals surface area contributed by atoms with Crippen LogP contribution in [0.2, 0.25) is 0 Å². The van der Waals surface area contributed by atoms with Crippen LogP contribution in [0.3, 0.4) is 0 Å². The lowest BCUT2D eigenvalue weighted by Gasteiger charge is -2.41. The van der Waals surface area contributed by atoms with E-state index in [9.17, 15) is 10.4 Å². The fourth-order valence-corrected chi connectivity index (χ4v) is 3.57. The maximum absolute atomic E-state index is 10.4. The Hall–Kier alpha value is -2.72. The third-order valence-electron chi connectivity index (χ3n) is 4.43. The van der Waals surface area contributed by atoms with Gasteiger partial charge in [-0.15, -0.1) is 0 Å². The minimum Gasteiger partial charge on any atom is -0.507 e. The van der Waals surface area contributed by atoms with Crippen LogP contribution in [0.5, 0.6) is 11.5 Å². The summed E-state index contributed by atoms with van der Waals surface area (Å²) in [5, 5.41) is 20.3. The minimum absolute atomic E-state index is 0.143. The number of halogens is 1. The van der Waals surface area contributed by atoms with E-state index in [1.165, 1.54) is 0 Å². The molecule has 0 bridgehead atoms. The Bertz CT molecular complexity index is 982. The van der Waals surface area contributed by atoms with Crippen LogP contribution in [-0.4, -0.2) is 5.11 Å². The lowest BCUT2D eigenvalue weighted by atomic mass is 9.99. The molecule has 128 valence electrons. The molecule has 1 aliphatic rings. The van der Waals surface area contributed by atoms with Gasteiger partial charge < -0.3 is 14.7 Å². The second-order valence-electron chi connectivity index (χ2n) is 5.98. The first kappa shape index (κ1) is 16.7. The fourth-order valence-electron chi connectivity index (χ4n) is 3.22. The highest BCUT2D eigenvalue weighted by molar-refractivity contribution is 14.1. The topological polar surface area (TPSA) is 56.5 Å². The standard InChI is InChI=1S/C21H15IN2O2/c22-14-9-11-15(12-10-14)24-18(13-23)16-5-2-4-8-20(16)26-21(24)17-6-1-3-7-19(17)25/h1-12,18,21,25H. The second kappa shape index (κ2) is 6.89.